The lowest BCUT2D eigenvalue weighted by Gasteiger charge is -2.23. The Labute approximate surface area is 116 Å². The first kappa shape index (κ1) is 14.0. The molecule has 0 bridgehead atoms. The zero-order valence-corrected chi connectivity index (χ0v) is 11.1. The van der Waals surface area contributed by atoms with E-state index in [1.165, 1.54) is 18.5 Å². The molecule has 1 amide bonds. The molecule has 0 saturated carbocycles. The standard InChI is InChI=1S/C15H16N2O3/c1-15(20,11-5-3-2-4-6-11)9-14(19)17-12-7-8-16-10-13(12)18/h2-8,10,18,20H,9H2,1H3,(H,16,17,19). The summed E-state index contributed by atoms with van der Waals surface area (Å²) in [5, 5.41) is 22.5. The Balaban J connectivity index is 2.07. The first-order valence-corrected chi connectivity index (χ1v) is 6.20. The zero-order valence-electron chi connectivity index (χ0n) is 11.1. The molecule has 1 aromatic carbocycles. The number of hydrogen-bond donors (Lipinski definition) is 3. The van der Waals surface area contributed by atoms with Crippen LogP contribution in [0.2, 0.25) is 0 Å². The molecule has 0 spiro atoms. The van der Waals surface area contributed by atoms with Crippen LogP contribution in [0.5, 0.6) is 5.75 Å². The van der Waals surface area contributed by atoms with Gasteiger partial charge in [-0.1, -0.05) is 30.3 Å². The van der Waals surface area contributed by atoms with E-state index >= 15 is 0 Å². The number of amides is 1. The first-order chi connectivity index (χ1) is 9.49. The van der Waals surface area contributed by atoms with Gasteiger partial charge in [-0.3, -0.25) is 9.78 Å². The van der Waals surface area contributed by atoms with Crippen molar-refractivity contribution in [1.29, 1.82) is 0 Å². The molecule has 1 aromatic heterocycles. The molecule has 1 unspecified atom stereocenters. The summed E-state index contributed by atoms with van der Waals surface area (Å²) in [6, 6.07) is 10.5. The van der Waals surface area contributed by atoms with Gasteiger partial charge in [-0.2, -0.15) is 0 Å². The third kappa shape index (κ3) is 3.33. The number of hydrogen-bond acceptors (Lipinski definition) is 4. The first-order valence-electron chi connectivity index (χ1n) is 6.20. The van der Waals surface area contributed by atoms with Gasteiger partial charge in [0, 0.05) is 6.20 Å². The highest BCUT2D eigenvalue weighted by atomic mass is 16.3. The van der Waals surface area contributed by atoms with Crippen LogP contribution in [0.4, 0.5) is 5.69 Å². The number of carbonyl (C=O) groups excluding carboxylic acids is 1. The molecular formula is C15H16N2O3. The van der Waals surface area contributed by atoms with E-state index in [0.717, 1.165) is 0 Å². The van der Waals surface area contributed by atoms with Crippen LogP contribution < -0.4 is 5.32 Å². The summed E-state index contributed by atoms with van der Waals surface area (Å²) >= 11 is 0. The van der Waals surface area contributed by atoms with E-state index in [4.69, 9.17) is 0 Å². The van der Waals surface area contributed by atoms with Crippen LogP contribution in [0.1, 0.15) is 18.9 Å². The van der Waals surface area contributed by atoms with Crippen molar-refractivity contribution in [3.8, 4) is 5.75 Å². The molecule has 5 nitrogen and oxygen atoms in total. The number of aromatic hydroxyl groups is 1. The van der Waals surface area contributed by atoms with Crippen LogP contribution >= 0.6 is 0 Å². The van der Waals surface area contributed by atoms with Crippen molar-refractivity contribution in [2.24, 2.45) is 0 Å². The number of nitrogens with zero attached hydrogens (tertiary/aromatic N) is 1. The maximum atomic E-state index is 12.0. The molecule has 1 heterocycles. The van der Waals surface area contributed by atoms with Gasteiger partial charge >= 0.3 is 0 Å². The van der Waals surface area contributed by atoms with Crippen molar-refractivity contribution < 1.29 is 15.0 Å². The van der Waals surface area contributed by atoms with Crippen molar-refractivity contribution in [1.82, 2.24) is 4.98 Å². The molecule has 0 aliphatic rings. The summed E-state index contributed by atoms with van der Waals surface area (Å²) in [5.74, 6) is -0.499. The lowest BCUT2D eigenvalue weighted by Crippen LogP contribution is -2.28. The summed E-state index contributed by atoms with van der Waals surface area (Å²) in [5.41, 5.74) is -0.337. The van der Waals surface area contributed by atoms with Gasteiger partial charge in [0.2, 0.25) is 5.91 Å². The maximum Gasteiger partial charge on any atom is 0.227 e. The number of pyridine rings is 1. The van der Waals surface area contributed by atoms with E-state index in [-0.39, 0.29) is 23.8 Å². The highest BCUT2D eigenvalue weighted by Crippen LogP contribution is 2.26. The Bertz CT molecular complexity index is 597. The lowest BCUT2D eigenvalue weighted by molar-refractivity contribution is -0.120. The number of carbonyl (C=O) groups is 1. The van der Waals surface area contributed by atoms with Crippen molar-refractivity contribution in [2.75, 3.05) is 5.32 Å². The number of aliphatic hydroxyl groups is 1. The maximum absolute atomic E-state index is 12.0. The highest BCUT2D eigenvalue weighted by Gasteiger charge is 2.26. The van der Waals surface area contributed by atoms with E-state index in [1.54, 1.807) is 31.2 Å². The summed E-state index contributed by atoms with van der Waals surface area (Å²) in [6.45, 7) is 1.58. The quantitative estimate of drug-likeness (QED) is 0.795. The Morgan fingerprint density at radius 3 is 2.65 bits per heavy atom. The minimum absolute atomic E-state index is 0.111. The van der Waals surface area contributed by atoms with Crippen LogP contribution in [0.3, 0.4) is 0 Å². The number of rotatable bonds is 4. The second-order valence-corrected chi connectivity index (χ2v) is 4.76. The summed E-state index contributed by atoms with van der Waals surface area (Å²) < 4.78 is 0. The Morgan fingerprint density at radius 2 is 2.00 bits per heavy atom. The lowest BCUT2D eigenvalue weighted by atomic mass is 9.92. The summed E-state index contributed by atoms with van der Waals surface area (Å²) in [6.07, 6.45) is 2.59. The molecule has 0 aliphatic heterocycles. The molecule has 5 heteroatoms. The fourth-order valence-electron chi connectivity index (χ4n) is 1.90. The Morgan fingerprint density at radius 1 is 1.30 bits per heavy atom. The van der Waals surface area contributed by atoms with Crippen LogP contribution in [-0.4, -0.2) is 21.1 Å². The van der Waals surface area contributed by atoms with Crippen LogP contribution in [0.15, 0.2) is 48.8 Å². The molecule has 2 aromatic rings. The number of benzene rings is 1. The summed E-state index contributed by atoms with van der Waals surface area (Å²) in [7, 11) is 0. The minimum atomic E-state index is -1.27. The molecule has 1 atom stereocenters. The van der Waals surface area contributed by atoms with Crippen molar-refractivity contribution >= 4 is 11.6 Å². The van der Waals surface area contributed by atoms with E-state index in [0.29, 0.717) is 5.56 Å². The van der Waals surface area contributed by atoms with Gasteiger partial charge in [0.15, 0.2) is 5.75 Å². The zero-order chi connectivity index (χ0) is 14.6. The van der Waals surface area contributed by atoms with Crippen molar-refractivity contribution in [3.05, 3.63) is 54.4 Å². The van der Waals surface area contributed by atoms with Gasteiger partial charge < -0.3 is 15.5 Å². The van der Waals surface area contributed by atoms with E-state index < -0.39 is 5.60 Å². The van der Waals surface area contributed by atoms with E-state index in [1.807, 2.05) is 6.07 Å². The van der Waals surface area contributed by atoms with E-state index in [2.05, 4.69) is 10.3 Å². The second kappa shape index (κ2) is 5.71. The Kier molecular flexibility index (Phi) is 4.00. The molecule has 20 heavy (non-hydrogen) atoms. The summed E-state index contributed by atoms with van der Waals surface area (Å²) in [4.78, 5) is 15.7. The van der Waals surface area contributed by atoms with Gasteiger partial charge in [-0.05, 0) is 18.6 Å². The molecular weight excluding hydrogens is 256 g/mol. The van der Waals surface area contributed by atoms with Gasteiger partial charge in [-0.15, -0.1) is 0 Å². The number of aromatic nitrogens is 1. The largest absolute Gasteiger partial charge is 0.504 e. The molecule has 0 saturated heterocycles. The van der Waals surface area contributed by atoms with Crippen LogP contribution in [-0.2, 0) is 10.4 Å². The van der Waals surface area contributed by atoms with E-state index in [9.17, 15) is 15.0 Å². The van der Waals surface area contributed by atoms with Gasteiger partial charge in [0.05, 0.1) is 23.9 Å². The molecule has 3 N–H and O–H groups in total. The number of nitrogens with one attached hydrogen (secondary N) is 1. The molecule has 0 aliphatic carbocycles. The van der Waals surface area contributed by atoms with Gasteiger partial charge in [-0.25, -0.2) is 0 Å². The fourth-order valence-corrected chi connectivity index (χ4v) is 1.90. The normalized spacial score (nSPS) is 13.5. The molecule has 2 rings (SSSR count). The SMILES string of the molecule is CC(O)(CC(=O)Nc1ccncc1O)c1ccccc1. The van der Waals surface area contributed by atoms with Crippen LogP contribution in [0, 0.1) is 0 Å². The minimum Gasteiger partial charge on any atom is -0.504 e. The molecule has 104 valence electrons. The third-order valence-corrected chi connectivity index (χ3v) is 2.97. The second-order valence-electron chi connectivity index (χ2n) is 4.76. The van der Waals surface area contributed by atoms with Crippen molar-refractivity contribution in [2.45, 2.75) is 18.9 Å². The monoisotopic (exact) mass is 272 g/mol. The van der Waals surface area contributed by atoms with Crippen molar-refractivity contribution in [3.63, 3.8) is 0 Å². The average molecular weight is 272 g/mol. The smallest absolute Gasteiger partial charge is 0.227 e. The predicted octanol–water partition coefficient (Wildman–Crippen LogP) is 2.02. The predicted molar refractivity (Wildman–Crippen MR) is 75.2 cm³/mol. The average Bonchev–Trinajstić information content (AvgIpc) is 2.42. The van der Waals surface area contributed by atoms with Crippen LogP contribution in [0.25, 0.3) is 0 Å². The molecule has 0 radical (unpaired) electrons. The fraction of sp³-hybridized carbons (Fsp3) is 0.200. The van der Waals surface area contributed by atoms with Gasteiger partial charge in [0.25, 0.3) is 0 Å². The highest BCUT2D eigenvalue weighted by molar-refractivity contribution is 5.92. The number of anilines is 1. The third-order valence-electron chi connectivity index (χ3n) is 2.97. The topological polar surface area (TPSA) is 82.5 Å². The Hall–Kier alpha value is -2.40. The van der Waals surface area contributed by atoms with Gasteiger partial charge in [0.1, 0.15) is 0 Å². The molecule has 0 fully saturated rings.